The Balaban J connectivity index is 1.75. The normalized spacial score (nSPS) is 17.4. The minimum atomic E-state index is -3.93. The van der Waals surface area contributed by atoms with Crippen molar-refractivity contribution < 1.29 is 22.3 Å². The van der Waals surface area contributed by atoms with Gasteiger partial charge in [0.25, 0.3) is 0 Å². The molecule has 0 aliphatic carbocycles. The van der Waals surface area contributed by atoms with Crippen LogP contribution in [-0.4, -0.2) is 31.3 Å². The summed E-state index contributed by atoms with van der Waals surface area (Å²) < 4.78 is 45.0. The largest absolute Gasteiger partial charge is 0.460 e. The lowest BCUT2D eigenvalue weighted by Crippen LogP contribution is -2.41. The highest BCUT2D eigenvalue weighted by atomic mass is 32.2. The Labute approximate surface area is 156 Å². The molecule has 140 valence electrons. The van der Waals surface area contributed by atoms with Crippen LogP contribution in [0.3, 0.4) is 0 Å². The van der Waals surface area contributed by atoms with E-state index in [9.17, 15) is 17.6 Å². The van der Waals surface area contributed by atoms with E-state index in [1.807, 2.05) is 6.07 Å². The monoisotopic (exact) mass is 388 g/mol. The van der Waals surface area contributed by atoms with Crippen molar-refractivity contribution in [3.05, 3.63) is 65.5 Å². The zero-order valence-electron chi connectivity index (χ0n) is 14.3. The van der Waals surface area contributed by atoms with E-state index in [-0.39, 0.29) is 18.0 Å². The second kappa shape index (κ2) is 7.86. The first kappa shape index (κ1) is 19.0. The minimum Gasteiger partial charge on any atom is -0.460 e. The van der Waals surface area contributed by atoms with Gasteiger partial charge in [0, 0.05) is 12.1 Å². The van der Waals surface area contributed by atoms with Crippen molar-refractivity contribution in [2.24, 2.45) is 0 Å². The second-order valence-corrected chi connectivity index (χ2v) is 7.99. The van der Waals surface area contributed by atoms with E-state index >= 15 is 0 Å². The van der Waals surface area contributed by atoms with Gasteiger partial charge in [0.1, 0.15) is 18.5 Å². The molecule has 0 radical (unpaired) electrons. The maximum atomic E-state index is 13.1. The SMILES string of the molecule is N#Cc1ccccc1COC(=O)[C@@H]1CCCN1S(=O)(=O)c1ccc(F)cc1. The Hall–Kier alpha value is -2.76. The Morgan fingerprint density at radius 1 is 1.22 bits per heavy atom. The molecular weight excluding hydrogens is 371 g/mol. The van der Waals surface area contributed by atoms with Crippen LogP contribution in [0.15, 0.2) is 53.4 Å². The van der Waals surface area contributed by atoms with Gasteiger partial charge in [-0.3, -0.25) is 4.79 Å². The summed E-state index contributed by atoms with van der Waals surface area (Å²) >= 11 is 0. The van der Waals surface area contributed by atoms with Crippen LogP contribution < -0.4 is 0 Å². The maximum absolute atomic E-state index is 13.1. The first-order chi connectivity index (χ1) is 12.9. The van der Waals surface area contributed by atoms with Gasteiger partial charge < -0.3 is 4.74 Å². The Kier molecular flexibility index (Phi) is 5.54. The number of nitriles is 1. The number of esters is 1. The Morgan fingerprint density at radius 3 is 2.63 bits per heavy atom. The van der Waals surface area contributed by atoms with Crippen molar-refractivity contribution in [1.29, 1.82) is 5.26 Å². The van der Waals surface area contributed by atoms with Gasteiger partial charge in [0.15, 0.2) is 0 Å². The molecule has 1 aliphatic heterocycles. The van der Waals surface area contributed by atoms with Gasteiger partial charge in [0.2, 0.25) is 10.0 Å². The van der Waals surface area contributed by atoms with Gasteiger partial charge in [-0.25, -0.2) is 12.8 Å². The average molecular weight is 388 g/mol. The highest BCUT2D eigenvalue weighted by Crippen LogP contribution is 2.27. The topological polar surface area (TPSA) is 87.5 Å². The lowest BCUT2D eigenvalue weighted by atomic mass is 10.1. The molecule has 0 bridgehead atoms. The van der Waals surface area contributed by atoms with Crippen molar-refractivity contribution >= 4 is 16.0 Å². The van der Waals surface area contributed by atoms with Crippen molar-refractivity contribution in [2.45, 2.75) is 30.4 Å². The first-order valence-electron chi connectivity index (χ1n) is 8.35. The molecule has 2 aromatic carbocycles. The number of rotatable bonds is 5. The second-order valence-electron chi connectivity index (χ2n) is 6.10. The predicted octanol–water partition coefficient (Wildman–Crippen LogP) is 2.59. The zero-order chi connectivity index (χ0) is 19.4. The number of halogens is 1. The lowest BCUT2D eigenvalue weighted by Gasteiger charge is -2.22. The lowest BCUT2D eigenvalue weighted by molar-refractivity contribution is -0.148. The van der Waals surface area contributed by atoms with E-state index in [1.165, 1.54) is 12.1 Å². The zero-order valence-corrected chi connectivity index (χ0v) is 15.2. The highest BCUT2D eigenvalue weighted by Gasteiger charge is 2.40. The van der Waals surface area contributed by atoms with E-state index in [0.717, 1.165) is 16.4 Å². The molecule has 8 heteroatoms. The quantitative estimate of drug-likeness (QED) is 0.735. The maximum Gasteiger partial charge on any atom is 0.324 e. The van der Waals surface area contributed by atoms with Gasteiger partial charge >= 0.3 is 5.97 Å². The molecule has 0 aromatic heterocycles. The summed E-state index contributed by atoms with van der Waals surface area (Å²) in [5.41, 5.74) is 0.951. The van der Waals surface area contributed by atoms with Gasteiger partial charge in [-0.1, -0.05) is 18.2 Å². The van der Waals surface area contributed by atoms with Gasteiger partial charge in [-0.2, -0.15) is 9.57 Å². The number of benzene rings is 2. The molecule has 1 aliphatic rings. The van der Waals surface area contributed by atoms with Crippen LogP contribution in [0.5, 0.6) is 0 Å². The number of hydrogen-bond acceptors (Lipinski definition) is 5. The summed E-state index contributed by atoms with van der Waals surface area (Å²) in [4.78, 5) is 12.4. The van der Waals surface area contributed by atoms with E-state index in [2.05, 4.69) is 0 Å². The summed E-state index contributed by atoms with van der Waals surface area (Å²) in [7, 11) is -3.93. The van der Waals surface area contributed by atoms with E-state index < -0.39 is 27.9 Å². The van der Waals surface area contributed by atoms with E-state index in [0.29, 0.717) is 24.0 Å². The van der Waals surface area contributed by atoms with Gasteiger partial charge in [0.05, 0.1) is 16.5 Å². The number of nitrogens with zero attached hydrogens (tertiary/aromatic N) is 2. The molecule has 1 saturated heterocycles. The van der Waals surface area contributed by atoms with Crippen LogP contribution in [0.25, 0.3) is 0 Å². The highest BCUT2D eigenvalue weighted by molar-refractivity contribution is 7.89. The number of sulfonamides is 1. The summed E-state index contributed by atoms with van der Waals surface area (Å²) in [5.74, 6) is -1.20. The Bertz CT molecular complexity index is 984. The van der Waals surface area contributed by atoms with Crippen molar-refractivity contribution in [3.63, 3.8) is 0 Å². The summed E-state index contributed by atoms with van der Waals surface area (Å²) in [6.07, 6.45) is 0.869. The molecule has 0 amide bonds. The minimum absolute atomic E-state index is 0.0709. The van der Waals surface area contributed by atoms with Crippen LogP contribution in [0.1, 0.15) is 24.0 Å². The van der Waals surface area contributed by atoms with Gasteiger partial charge in [-0.05, 0) is 43.2 Å². The molecule has 1 heterocycles. The van der Waals surface area contributed by atoms with Crippen LogP contribution in [0, 0.1) is 17.1 Å². The van der Waals surface area contributed by atoms with Crippen molar-refractivity contribution in [3.8, 4) is 6.07 Å². The molecule has 27 heavy (non-hydrogen) atoms. The van der Waals surface area contributed by atoms with Crippen LogP contribution >= 0.6 is 0 Å². The standard InChI is InChI=1S/C19H17FN2O4S/c20-16-7-9-17(10-8-16)27(24,25)22-11-3-6-18(22)19(23)26-13-15-5-2-1-4-14(15)12-21/h1-2,4-5,7-10,18H,3,6,11,13H2/t18-/m0/s1. The fourth-order valence-corrected chi connectivity index (χ4v) is 4.65. The van der Waals surface area contributed by atoms with E-state index in [1.54, 1.807) is 24.3 Å². The van der Waals surface area contributed by atoms with Crippen molar-refractivity contribution in [2.75, 3.05) is 6.54 Å². The number of carbonyl (C=O) groups excluding carboxylic acids is 1. The molecule has 1 atom stereocenters. The molecule has 0 unspecified atom stereocenters. The van der Waals surface area contributed by atoms with Crippen molar-refractivity contribution in [1.82, 2.24) is 4.31 Å². The molecule has 1 fully saturated rings. The summed E-state index contributed by atoms with van der Waals surface area (Å²) in [6.45, 7) is 0.0811. The third-order valence-corrected chi connectivity index (χ3v) is 6.33. The molecule has 0 N–H and O–H groups in total. The van der Waals surface area contributed by atoms with Gasteiger partial charge in [-0.15, -0.1) is 0 Å². The first-order valence-corrected chi connectivity index (χ1v) is 9.79. The molecule has 2 aromatic rings. The number of hydrogen-bond donors (Lipinski definition) is 0. The van der Waals surface area contributed by atoms with Crippen LogP contribution in [0.2, 0.25) is 0 Å². The predicted molar refractivity (Wildman–Crippen MR) is 94.3 cm³/mol. The molecule has 3 rings (SSSR count). The van der Waals surface area contributed by atoms with E-state index in [4.69, 9.17) is 10.00 Å². The summed E-state index contributed by atoms with van der Waals surface area (Å²) in [6, 6.07) is 12.3. The third-order valence-electron chi connectivity index (χ3n) is 4.40. The smallest absolute Gasteiger partial charge is 0.324 e. The van der Waals surface area contributed by atoms with Crippen LogP contribution in [-0.2, 0) is 26.2 Å². The fourth-order valence-electron chi connectivity index (χ4n) is 3.01. The molecule has 6 nitrogen and oxygen atoms in total. The third kappa shape index (κ3) is 3.99. The summed E-state index contributed by atoms with van der Waals surface area (Å²) in [5, 5.41) is 9.08. The Morgan fingerprint density at radius 2 is 1.93 bits per heavy atom. The number of ether oxygens (including phenoxy) is 1. The van der Waals surface area contributed by atoms with Crippen LogP contribution in [0.4, 0.5) is 4.39 Å². The number of carbonyl (C=O) groups is 1. The average Bonchev–Trinajstić information content (AvgIpc) is 3.17. The fraction of sp³-hybridized carbons (Fsp3) is 0.263. The molecular formula is C19H17FN2O4S. The molecule has 0 saturated carbocycles. The molecule has 0 spiro atoms.